The Labute approximate surface area is 116 Å². The highest BCUT2D eigenvalue weighted by Gasteiger charge is 2.41. The topological polar surface area (TPSA) is 86.1 Å². The van der Waals surface area contributed by atoms with Gasteiger partial charge in [0, 0.05) is 17.0 Å². The van der Waals surface area contributed by atoms with Gasteiger partial charge in [-0.2, -0.15) is 0 Å². The maximum atomic E-state index is 11.9. The van der Waals surface area contributed by atoms with Gasteiger partial charge < -0.3 is 5.11 Å². The molecule has 0 fully saturated rings. The number of allylic oxidation sites excluding steroid dienone is 2. The molecule has 0 spiro atoms. The second-order valence-corrected chi connectivity index (χ2v) is 5.90. The van der Waals surface area contributed by atoms with E-state index >= 15 is 0 Å². The second-order valence-electron chi connectivity index (χ2n) is 4.47. The Hall–Kier alpha value is -1.65. The summed E-state index contributed by atoms with van der Waals surface area (Å²) in [6.07, 6.45) is 4.49. The highest BCUT2D eigenvalue weighted by atomic mass is 32.2. The molecule has 0 amide bonds. The van der Waals surface area contributed by atoms with Crippen LogP contribution in [-0.2, 0) is 4.79 Å². The van der Waals surface area contributed by atoms with Crippen molar-refractivity contribution in [1.29, 1.82) is 0 Å². The van der Waals surface area contributed by atoms with Crippen molar-refractivity contribution in [3.8, 4) is 0 Å². The third-order valence-electron chi connectivity index (χ3n) is 2.88. The van der Waals surface area contributed by atoms with Crippen molar-refractivity contribution in [3.63, 3.8) is 0 Å². The van der Waals surface area contributed by atoms with E-state index in [9.17, 15) is 9.90 Å². The van der Waals surface area contributed by atoms with Crippen molar-refractivity contribution in [2.45, 2.75) is 31.4 Å². The van der Waals surface area contributed by atoms with Crippen LogP contribution in [0, 0.1) is 0 Å². The van der Waals surface area contributed by atoms with E-state index < -0.39 is 4.75 Å². The third kappa shape index (κ3) is 3.66. The van der Waals surface area contributed by atoms with Crippen LogP contribution in [0.5, 0.6) is 0 Å². The van der Waals surface area contributed by atoms with Crippen molar-refractivity contribution in [3.05, 3.63) is 46.1 Å². The normalized spacial score (nSPS) is 23.5. The zero-order valence-corrected chi connectivity index (χ0v) is 11.9. The van der Waals surface area contributed by atoms with Crippen LogP contribution in [0.15, 0.2) is 40.8 Å². The SMILES string of the molecule is C=C/C(C)=C/[C@@]1(C)SC(=O)C(CCCN=[N+]=[N-])=C1O. The van der Waals surface area contributed by atoms with Gasteiger partial charge in [-0.1, -0.05) is 41.2 Å². The number of hydrogen-bond acceptors (Lipinski definition) is 4. The summed E-state index contributed by atoms with van der Waals surface area (Å²) in [6.45, 7) is 7.66. The van der Waals surface area contributed by atoms with Crippen LogP contribution in [0.3, 0.4) is 0 Å². The first-order valence-electron chi connectivity index (χ1n) is 5.93. The van der Waals surface area contributed by atoms with Crippen LogP contribution in [-0.4, -0.2) is 21.5 Å². The Morgan fingerprint density at radius 2 is 2.37 bits per heavy atom. The van der Waals surface area contributed by atoms with Crippen LogP contribution in [0.25, 0.3) is 10.4 Å². The van der Waals surface area contributed by atoms with Crippen LogP contribution in [0.2, 0.25) is 0 Å². The first-order valence-corrected chi connectivity index (χ1v) is 6.75. The first kappa shape index (κ1) is 15.4. The summed E-state index contributed by atoms with van der Waals surface area (Å²) in [5.41, 5.74) is 9.51. The summed E-state index contributed by atoms with van der Waals surface area (Å²) in [7, 11) is 0. The number of carbonyl (C=O) groups excluding carboxylic acids is 1. The largest absolute Gasteiger partial charge is 0.510 e. The molecule has 0 aromatic heterocycles. The standard InChI is InChI=1S/C13H17N3O2S/c1-4-9(2)8-13(3)11(17)10(12(18)19-13)6-5-7-15-16-14/h4,8,17H,1,5-7H2,2-3H3/b9-8+/t13-/m1/s1. The molecule has 1 aliphatic rings. The molecule has 0 saturated heterocycles. The number of thioether (sulfide) groups is 1. The van der Waals surface area contributed by atoms with Gasteiger partial charge in [-0.25, -0.2) is 0 Å². The Balaban J connectivity index is 2.90. The first-order chi connectivity index (χ1) is 8.94. The lowest BCUT2D eigenvalue weighted by atomic mass is 9.99. The number of rotatable bonds is 6. The fourth-order valence-corrected chi connectivity index (χ4v) is 3.05. The van der Waals surface area contributed by atoms with Gasteiger partial charge in [-0.05, 0) is 32.2 Å². The average molecular weight is 279 g/mol. The number of aliphatic hydroxyl groups is 1. The third-order valence-corrected chi connectivity index (χ3v) is 4.05. The summed E-state index contributed by atoms with van der Waals surface area (Å²) < 4.78 is -0.719. The van der Waals surface area contributed by atoms with E-state index in [1.807, 2.05) is 13.0 Å². The van der Waals surface area contributed by atoms with E-state index in [-0.39, 0.29) is 10.9 Å². The molecule has 102 valence electrons. The number of hydrogen-bond donors (Lipinski definition) is 1. The van der Waals surface area contributed by atoms with Crippen molar-refractivity contribution < 1.29 is 9.90 Å². The summed E-state index contributed by atoms with van der Waals surface area (Å²) in [5, 5.41) is 13.5. The molecule has 6 heteroatoms. The minimum atomic E-state index is -0.719. The molecule has 1 rings (SSSR count). The van der Waals surface area contributed by atoms with Gasteiger partial charge in [0.15, 0.2) is 0 Å². The lowest BCUT2D eigenvalue weighted by Crippen LogP contribution is -2.17. The van der Waals surface area contributed by atoms with E-state index in [1.165, 1.54) is 0 Å². The molecular weight excluding hydrogens is 262 g/mol. The maximum Gasteiger partial charge on any atom is 0.220 e. The van der Waals surface area contributed by atoms with Crippen molar-refractivity contribution in [2.24, 2.45) is 5.11 Å². The quantitative estimate of drug-likeness (QED) is 0.261. The lowest BCUT2D eigenvalue weighted by molar-refractivity contribution is -0.108. The van der Waals surface area contributed by atoms with E-state index in [0.29, 0.717) is 25.0 Å². The Morgan fingerprint density at radius 3 is 2.95 bits per heavy atom. The highest BCUT2D eigenvalue weighted by Crippen LogP contribution is 2.45. The van der Waals surface area contributed by atoms with Crippen LogP contribution in [0.4, 0.5) is 0 Å². The maximum absolute atomic E-state index is 11.9. The fourth-order valence-electron chi connectivity index (χ4n) is 1.88. The molecule has 1 atom stereocenters. The van der Waals surface area contributed by atoms with Gasteiger partial charge in [0.05, 0.1) is 4.75 Å². The van der Waals surface area contributed by atoms with Gasteiger partial charge in [-0.15, -0.1) is 0 Å². The van der Waals surface area contributed by atoms with E-state index in [1.54, 1.807) is 13.0 Å². The molecule has 0 saturated carbocycles. The summed E-state index contributed by atoms with van der Waals surface area (Å²) >= 11 is 1.10. The van der Waals surface area contributed by atoms with Crippen molar-refractivity contribution in [1.82, 2.24) is 0 Å². The number of aliphatic hydroxyl groups excluding tert-OH is 1. The van der Waals surface area contributed by atoms with E-state index in [2.05, 4.69) is 16.6 Å². The highest BCUT2D eigenvalue weighted by molar-refractivity contribution is 8.16. The Kier molecular flexibility index (Phi) is 5.27. The Bertz CT molecular complexity index is 504. The smallest absolute Gasteiger partial charge is 0.220 e. The minimum absolute atomic E-state index is 0.102. The molecule has 0 radical (unpaired) electrons. The van der Waals surface area contributed by atoms with E-state index in [4.69, 9.17) is 5.53 Å². The van der Waals surface area contributed by atoms with Gasteiger partial charge >= 0.3 is 0 Å². The molecule has 19 heavy (non-hydrogen) atoms. The molecule has 0 aromatic rings. The molecule has 0 aromatic carbocycles. The Morgan fingerprint density at radius 1 is 1.68 bits per heavy atom. The summed E-state index contributed by atoms with van der Waals surface area (Å²) in [5.74, 6) is 0.102. The average Bonchev–Trinajstić information content (AvgIpc) is 2.57. The summed E-state index contributed by atoms with van der Waals surface area (Å²) in [4.78, 5) is 14.6. The monoisotopic (exact) mass is 279 g/mol. The predicted octanol–water partition coefficient (Wildman–Crippen LogP) is 4.05. The zero-order valence-electron chi connectivity index (χ0n) is 11.1. The molecule has 5 nitrogen and oxygen atoms in total. The second kappa shape index (κ2) is 6.50. The molecule has 1 aliphatic heterocycles. The molecule has 1 N–H and O–H groups in total. The van der Waals surface area contributed by atoms with Crippen molar-refractivity contribution >= 4 is 16.9 Å². The van der Waals surface area contributed by atoms with E-state index in [0.717, 1.165) is 17.3 Å². The van der Waals surface area contributed by atoms with Gasteiger partial charge in [0.2, 0.25) is 5.12 Å². The van der Waals surface area contributed by atoms with Gasteiger partial charge in [-0.3, -0.25) is 4.79 Å². The molecular formula is C13H17N3O2S. The number of nitrogens with zero attached hydrogens (tertiary/aromatic N) is 3. The molecule has 0 aliphatic carbocycles. The zero-order chi connectivity index (χ0) is 14.5. The van der Waals surface area contributed by atoms with Gasteiger partial charge in [0.25, 0.3) is 0 Å². The minimum Gasteiger partial charge on any atom is -0.510 e. The number of azide groups is 1. The van der Waals surface area contributed by atoms with Crippen LogP contribution >= 0.6 is 11.8 Å². The predicted molar refractivity (Wildman–Crippen MR) is 77.9 cm³/mol. The lowest BCUT2D eigenvalue weighted by Gasteiger charge is -2.18. The molecule has 0 unspecified atom stereocenters. The van der Waals surface area contributed by atoms with Crippen LogP contribution in [0.1, 0.15) is 26.7 Å². The van der Waals surface area contributed by atoms with Crippen molar-refractivity contribution in [2.75, 3.05) is 6.54 Å². The fraction of sp³-hybridized carbons (Fsp3) is 0.462. The number of carbonyl (C=O) groups is 1. The molecule has 0 bridgehead atoms. The summed E-state index contributed by atoms with van der Waals surface area (Å²) in [6, 6.07) is 0. The van der Waals surface area contributed by atoms with Gasteiger partial charge in [0.1, 0.15) is 5.76 Å². The van der Waals surface area contributed by atoms with Crippen LogP contribution < -0.4 is 0 Å². The molecule has 1 heterocycles.